The normalized spacial score (nSPS) is 25.2. The number of hydrogen-bond acceptors (Lipinski definition) is 3. The summed E-state index contributed by atoms with van der Waals surface area (Å²) >= 11 is 0. The van der Waals surface area contributed by atoms with Crippen molar-refractivity contribution < 1.29 is 4.74 Å². The van der Waals surface area contributed by atoms with Gasteiger partial charge in [-0.25, -0.2) is 0 Å². The number of anilines is 1. The number of benzene rings is 1. The molecular weight excluding hydrogens is 202 g/mol. The average molecular weight is 218 g/mol. The van der Waals surface area contributed by atoms with E-state index in [4.69, 9.17) is 10.1 Å². The molecule has 1 aromatic carbocycles. The predicted molar refractivity (Wildman–Crippen MR) is 63.4 cm³/mol. The molecule has 1 aliphatic heterocycles. The molecular formula is C12H16N3O+. The van der Waals surface area contributed by atoms with E-state index in [0.29, 0.717) is 17.8 Å². The van der Waals surface area contributed by atoms with Crippen molar-refractivity contribution in [3.05, 3.63) is 29.2 Å². The van der Waals surface area contributed by atoms with Crippen LogP contribution in [0.5, 0.6) is 0 Å². The summed E-state index contributed by atoms with van der Waals surface area (Å²) in [5.41, 5.74) is 1.73. The Hall–Kier alpha value is -1.60. The molecule has 4 heteroatoms. The number of nitrogens with zero attached hydrogens (tertiary/aromatic N) is 3. The molecule has 2 atom stereocenters. The van der Waals surface area contributed by atoms with Crippen molar-refractivity contribution in [3.8, 4) is 0 Å². The maximum Gasteiger partial charge on any atom is 0.385 e. The molecule has 0 aliphatic carbocycles. The Balaban J connectivity index is 2.24. The lowest BCUT2D eigenvalue weighted by molar-refractivity contribution is 0.0757. The molecule has 1 fully saturated rings. The zero-order valence-electron chi connectivity index (χ0n) is 9.63. The molecule has 1 aliphatic rings. The summed E-state index contributed by atoms with van der Waals surface area (Å²) in [6.45, 7) is 5.83. The Morgan fingerprint density at radius 2 is 1.75 bits per heavy atom. The van der Waals surface area contributed by atoms with Crippen LogP contribution in [0.1, 0.15) is 13.8 Å². The van der Waals surface area contributed by atoms with Gasteiger partial charge in [-0.05, 0) is 26.0 Å². The Labute approximate surface area is 95.4 Å². The average Bonchev–Trinajstić information content (AvgIpc) is 2.30. The minimum Gasteiger partial charge on any atom is -0.377 e. The van der Waals surface area contributed by atoms with Crippen LogP contribution in [0.15, 0.2) is 24.3 Å². The molecule has 84 valence electrons. The maximum atomic E-state index is 8.63. The highest BCUT2D eigenvalue weighted by atomic mass is 16.5. The molecule has 4 nitrogen and oxygen atoms in total. The van der Waals surface area contributed by atoms with Gasteiger partial charge >= 0.3 is 5.69 Å². The summed E-state index contributed by atoms with van der Waals surface area (Å²) in [6.07, 6.45) is 0. The minimum absolute atomic E-state index is 0.376. The lowest BCUT2D eigenvalue weighted by atomic mass is 10.1. The Morgan fingerprint density at radius 3 is 2.25 bits per heavy atom. The third-order valence-electron chi connectivity index (χ3n) is 2.93. The van der Waals surface area contributed by atoms with Crippen molar-refractivity contribution in [1.29, 1.82) is 5.39 Å². The van der Waals surface area contributed by atoms with Crippen LogP contribution in [0, 0.1) is 5.39 Å². The Kier molecular flexibility index (Phi) is 3.07. The molecule has 0 bridgehead atoms. The van der Waals surface area contributed by atoms with Gasteiger partial charge in [0.25, 0.3) is 0 Å². The second kappa shape index (κ2) is 4.50. The molecule has 0 N–H and O–H groups in total. The SMILES string of the molecule is CC1COCC(C)N1c1ccc([N+]#N)cc1. The van der Waals surface area contributed by atoms with E-state index in [-0.39, 0.29) is 0 Å². The van der Waals surface area contributed by atoms with E-state index in [1.807, 2.05) is 24.3 Å². The van der Waals surface area contributed by atoms with Crippen molar-refractivity contribution in [2.75, 3.05) is 18.1 Å². The first-order valence-corrected chi connectivity index (χ1v) is 5.53. The summed E-state index contributed by atoms with van der Waals surface area (Å²) in [5, 5.41) is 8.63. The molecule has 1 heterocycles. The van der Waals surface area contributed by atoms with E-state index in [2.05, 4.69) is 23.7 Å². The number of morpholine rings is 1. The van der Waals surface area contributed by atoms with Gasteiger partial charge in [-0.2, -0.15) is 0 Å². The van der Waals surface area contributed by atoms with E-state index in [1.54, 1.807) is 0 Å². The second-order valence-electron chi connectivity index (χ2n) is 4.26. The van der Waals surface area contributed by atoms with Crippen LogP contribution in [-0.2, 0) is 4.74 Å². The largest absolute Gasteiger partial charge is 0.385 e. The molecule has 0 radical (unpaired) electrons. The third-order valence-corrected chi connectivity index (χ3v) is 2.93. The first kappa shape index (κ1) is 10.9. The second-order valence-corrected chi connectivity index (χ2v) is 4.26. The molecule has 0 spiro atoms. The molecule has 2 unspecified atom stereocenters. The number of diazo groups is 1. The topological polar surface area (TPSA) is 40.6 Å². The lowest BCUT2D eigenvalue weighted by Gasteiger charge is -2.40. The van der Waals surface area contributed by atoms with Crippen LogP contribution in [-0.4, -0.2) is 25.3 Å². The molecule has 1 aromatic rings. The van der Waals surface area contributed by atoms with E-state index >= 15 is 0 Å². The van der Waals surface area contributed by atoms with Crippen molar-refractivity contribution in [1.82, 2.24) is 0 Å². The Bertz CT molecular complexity index is 386. The zero-order valence-corrected chi connectivity index (χ0v) is 9.63. The standard InChI is InChI=1S/C12H16N3O/c1-9-7-16-8-10(2)15(9)12-5-3-11(14-13)4-6-12/h3-6,9-10H,7-8H2,1-2H3/q+1. The number of hydrogen-bond donors (Lipinski definition) is 0. The summed E-state index contributed by atoms with van der Waals surface area (Å²) in [7, 11) is 0. The third kappa shape index (κ3) is 2.00. The van der Waals surface area contributed by atoms with Crippen LogP contribution in [0.3, 0.4) is 0 Å². The van der Waals surface area contributed by atoms with E-state index in [9.17, 15) is 0 Å². The van der Waals surface area contributed by atoms with Gasteiger partial charge in [0.1, 0.15) is 0 Å². The summed E-state index contributed by atoms with van der Waals surface area (Å²) in [5.74, 6) is 0. The van der Waals surface area contributed by atoms with Gasteiger partial charge in [0, 0.05) is 29.9 Å². The van der Waals surface area contributed by atoms with E-state index < -0.39 is 0 Å². The van der Waals surface area contributed by atoms with E-state index in [1.165, 1.54) is 0 Å². The smallest absolute Gasteiger partial charge is 0.377 e. The van der Waals surface area contributed by atoms with Gasteiger partial charge in [-0.15, -0.1) is 0 Å². The zero-order chi connectivity index (χ0) is 11.5. The molecule has 1 saturated heterocycles. The van der Waals surface area contributed by atoms with Gasteiger partial charge in [0.2, 0.25) is 5.39 Å². The minimum atomic E-state index is 0.376. The van der Waals surface area contributed by atoms with Crippen LogP contribution >= 0.6 is 0 Å². The number of ether oxygens (including phenoxy) is 1. The molecule has 16 heavy (non-hydrogen) atoms. The molecule has 2 rings (SSSR count). The molecule has 0 aromatic heterocycles. The fraction of sp³-hybridized carbons (Fsp3) is 0.500. The Morgan fingerprint density at radius 1 is 1.19 bits per heavy atom. The van der Waals surface area contributed by atoms with Gasteiger partial charge in [-0.3, -0.25) is 0 Å². The van der Waals surface area contributed by atoms with Crippen LogP contribution < -0.4 is 4.90 Å². The van der Waals surface area contributed by atoms with Crippen LogP contribution in [0.4, 0.5) is 11.4 Å². The van der Waals surface area contributed by atoms with Crippen LogP contribution in [0.25, 0.3) is 4.98 Å². The van der Waals surface area contributed by atoms with E-state index in [0.717, 1.165) is 18.9 Å². The first-order chi connectivity index (χ1) is 7.72. The fourth-order valence-corrected chi connectivity index (χ4v) is 2.20. The van der Waals surface area contributed by atoms with Gasteiger partial charge in [-0.1, -0.05) is 0 Å². The lowest BCUT2D eigenvalue weighted by Crippen LogP contribution is -2.49. The summed E-state index contributed by atoms with van der Waals surface area (Å²) < 4.78 is 5.49. The highest BCUT2D eigenvalue weighted by molar-refractivity contribution is 5.56. The predicted octanol–water partition coefficient (Wildman–Crippen LogP) is 2.78. The summed E-state index contributed by atoms with van der Waals surface area (Å²) in [6, 6.07) is 8.33. The molecule has 0 saturated carbocycles. The van der Waals surface area contributed by atoms with Crippen molar-refractivity contribution >= 4 is 11.4 Å². The molecule has 0 amide bonds. The highest BCUT2D eigenvalue weighted by Crippen LogP contribution is 2.25. The van der Waals surface area contributed by atoms with Gasteiger partial charge in [0.15, 0.2) is 4.98 Å². The van der Waals surface area contributed by atoms with Gasteiger partial charge in [0.05, 0.1) is 13.2 Å². The van der Waals surface area contributed by atoms with Crippen molar-refractivity contribution in [2.45, 2.75) is 25.9 Å². The summed E-state index contributed by atoms with van der Waals surface area (Å²) in [4.78, 5) is 5.49. The monoisotopic (exact) mass is 218 g/mol. The maximum absolute atomic E-state index is 8.63. The van der Waals surface area contributed by atoms with Crippen molar-refractivity contribution in [2.24, 2.45) is 0 Å². The quantitative estimate of drug-likeness (QED) is 0.680. The fourth-order valence-electron chi connectivity index (χ4n) is 2.20. The number of rotatable bonds is 1. The first-order valence-electron chi connectivity index (χ1n) is 5.53. The van der Waals surface area contributed by atoms with Gasteiger partial charge < -0.3 is 9.64 Å². The highest BCUT2D eigenvalue weighted by Gasteiger charge is 2.25. The van der Waals surface area contributed by atoms with Crippen molar-refractivity contribution in [3.63, 3.8) is 0 Å². The van der Waals surface area contributed by atoms with Crippen LogP contribution in [0.2, 0.25) is 0 Å².